The summed E-state index contributed by atoms with van der Waals surface area (Å²) in [6.45, 7) is -0.522. The van der Waals surface area contributed by atoms with Gasteiger partial charge >= 0.3 is 0 Å². The first-order valence-electron chi connectivity index (χ1n) is 4.96. The van der Waals surface area contributed by atoms with Crippen molar-refractivity contribution in [2.75, 3.05) is 6.54 Å². The lowest BCUT2D eigenvalue weighted by Crippen LogP contribution is -2.36. The van der Waals surface area contributed by atoms with Gasteiger partial charge in [-0.1, -0.05) is 12.1 Å². The van der Waals surface area contributed by atoms with Gasteiger partial charge in [0.2, 0.25) is 5.91 Å². The normalized spacial score (nSPS) is 12.5. The summed E-state index contributed by atoms with van der Waals surface area (Å²) >= 11 is 0. The smallest absolute Gasteiger partial charge is 0.265 e. The van der Waals surface area contributed by atoms with Crippen molar-refractivity contribution in [1.29, 1.82) is 0 Å². The Kier molecular flexibility index (Phi) is 4.96. The molecule has 0 spiro atoms. The van der Waals surface area contributed by atoms with Crippen molar-refractivity contribution in [1.82, 2.24) is 5.32 Å². The molecule has 0 bridgehead atoms. The summed E-state index contributed by atoms with van der Waals surface area (Å²) in [5, 5.41) is 10.9. The average molecular weight is 247 g/mol. The van der Waals surface area contributed by atoms with E-state index in [4.69, 9.17) is 5.11 Å². The molecule has 6 heteroatoms. The summed E-state index contributed by atoms with van der Waals surface area (Å²) in [5.74, 6) is -1.02. The molecule has 2 N–H and O–H groups in total. The van der Waals surface area contributed by atoms with Gasteiger partial charge in [-0.3, -0.25) is 4.79 Å². The molecule has 1 amide bonds. The number of halogens is 3. The van der Waals surface area contributed by atoms with E-state index in [-0.39, 0.29) is 6.42 Å². The van der Waals surface area contributed by atoms with Crippen molar-refractivity contribution in [2.24, 2.45) is 0 Å². The maximum Gasteiger partial charge on any atom is 0.265 e. The molecular weight excluding hydrogens is 235 g/mol. The summed E-state index contributed by atoms with van der Waals surface area (Å²) in [6.07, 6.45) is -4.90. The molecule has 0 fully saturated rings. The van der Waals surface area contributed by atoms with Gasteiger partial charge in [0.05, 0.1) is 6.42 Å². The third-order valence-electron chi connectivity index (χ3n) is 2.05. The van der Waals surface area contributed by atoms with Gasteiger partial charge in [0.25, 0.3) is 6.43 Å². The van der Waals surface area contributed by atoms with E-state index in [1.54, 1.807) is 6.07 Å². The molecule has 1 aromatic carbocycles. The van der Waals surface area contributed by atoms with Crippen molar-refractivity contribution < 1.29 is 23.1 Å². The Morgan fingerprint density at radius 3 is 2.71 bits per heavy atom. The fourth-order valence-corrected chi connectivity index (χ4v) is 1.20. The minimum atomic E-state index is -2.90. The first kappa shape index (κ1) is 13.5. The standard InChI is InChI=1S/C11H12F3NO2/c12-8-3-1-2-7(4-8)5-10(17)15-6-9(16)11(13)14/h1-4,9,11,16H,5-6H2,(H,15,17). The van der Waals surface area contributed by atoms with E-state index in [2.05, 4.69) is 5.32 Å². The fourth-order valence-electron chi connectivity index (χ4n) is 1.20. The number of carbonyl (C=O) groups excluding carboxylic acids is 1. The number of rotatable bonds is 5. The molecule has 0 saturated carbocycles. The van der Waals surface area contributed by atoms with E-state index in [1.165, 1.54) is 18.2 Å². The van der Waals surface area contributed by atoms with Crippen LogP contribution in [0.2, 0.25) is 0 Å². The van der Waals surface area contributed by atoms with E-state index in [0.717, 1.165) is 0 Å². The van der Waals surface area contributed by atoms with Crippen molar-refractivity contribution in [3.8, 4) is 0 Å². The van der Waals surface area contributed by atoms with Crippen LogP contribution >= 0.6 is 0 Å². The minimum absolute atomic E-state index is 0.117. The minimum Gasteiger partial charge on any atom is -0.385 e. The number of hydrogen-bond acceptors (Lipinski definition) is 2. The molecule has 0 aromatic heterocycles. The zero-order chi connectivity index (χ0) is 12.8. The molecule has 0 aliphatic rings. The predicted molar refractivity (Wildman–Crippen MR) is 55.1 cm³/mol. The molecule has 1 rings (SSSR count). The third kappa shape index (κ3) is 4.86. The van der Waals surface area contributed by atoms with Crippen LogP contribution in [-0.4, -0.2) is 30.1 Å². The zero-order valence-electron chi connectivity index (χ0n) is 8.87. The SMILES string of the molecule is O=C(Cc1cccc(F)c1)NCC(O)C(F)F. The van der Waals surface area contributed by atoms with Crippen molar-refractivity contribution in [3.63, 3.8) is 0 Å². The lowest BCUT2D eigenvalue weighted by Gasteiger charge is -2.10. The highest BCUT2D eigenvalue weighted by Crippen LogP contribution is 2.04. The van der Waals surface area contributed by atoms with Gasteiger partial charge in [0, 0.05) is 6.54 Å². The van der Waals surface area contributed by atoms with E-state index in [1.807, 2.05) is 0 Å². The molecule has 0 radical (unpaired) electrons. The first-order chi connectivity index (χ1) is 7.99. The van der Waals surface area contributed by atoms with Gasteiger partial charge in [0.1, 0.15) is 11.9 Å². The van der Waals surface area contributed by atoms with E-state index in [9.17, 15) is 18.0 Å². The van der Waals surface area contributed by atoms with Gasteiger partial charge < -0.3 is 10.4 Å². The molecule has 94 valence electrons. The molecule has 1 unspecified atom stereocenters. The second-order valence-electron chi connectivity index (χ2n) is 3.51. The number of benzene rings is 1. The number of aliphatic hydroxyl groups is 1. The van der Waals surface area contributed by atoms with Crippen LogP contribution in [-0.2, 0) is 11.2 Å². The molecule has 17 heavy (non-hydrogen) atoms. The van der Waals surface area contributed by atoms with Gasteiger partial charge in [-0.15, -0.1) is 0 Å². The van der Waals surface area contributed by atoms with Crippen LogP contribution < -0.4 is 5.32 Å². The van der Waals surface area contributed by atoms with E-state index >= 15 is 0 Å². The van der Waals surface area contributed by atoms with E-state index < -0.39 is 30.8 Å². The van der Waals surface area contributed by atoms with Crippen LogP contribution in [0, 0.1) is 5.82 Å². The quantitative estimate of drug-likeness (QED) is 0.819. The first-order valence-corrected chi connectivity index (χ1v) is 4.96. The van der Waals surface area contributed by atoms with Crippen molar-refractivity contribution in [2.45, 2.75) is 19.0 Å². The molecule has 0 saturated heterocycles. The average Bonchev–Trinajstić information content (AvgIpc) is 2.25. The van der Waals surface area contributed by atoms with Crippen LogP contribution in [0.1, 0.15) is 5.56 Å². The van der Waals surface area contributed by atoms with Crippen molar-refractivity contribution in [3.05, 3.63) is 35.6 Å². The Bertz CT molecular complexity index is 385. The number of nitrogens with one attached hydrogen (secondary N) is 1. The lowest BCUT2D eigenvalue weighted by atomic mass is 10.1. The van der Waals surface area contributed by atoms with Crippen LogP contribution in [0.3, 0.4) is 0 Å². The maximum atomic E-state index is 12.8. The Balaban J connectivity index is 2.40. The maximum absolute atomic E-state index is 12.8. The highest BCUT2D eigenvalue weighted by Gasteiger charge is 2.17. The third-order valence-corrected chi connectivity index (χ3v) is 2.05. The van der Waals surface area contributed by atoms with Crippen LogP contribution in [0.5, 0.6) is 0 Å². The largest absolute Gasteiger partial charge is 0.385 e. The van der Waals surface area contributed by atoms with Gasteiger partial charge in [-0.25, -0.2) is 13.2 Å². The summed E-state index contributed by atoms with van der Waals surface area (Å²) < 4.78 is 36.6. The number of hydrogen-bond donors (Lipinski definition) is 2. The summed E-state index contributed by atoms with van der Waals surface area (Å²) in [4.78, 5) is 11.3. The Hall–Kier alpha value is -1.56. The second kappa shape index (κ2) is 6.24. The summed E-state index contributed by atoms with van der Waals surface area (Å²) in [5.41, 5.74) is 0.439. The Labute approximate surface area is 96.3 Å². The van der Waals surface area contributed by atoms with Crippen LogP contribution in [0.25, 0.3) is 0 Å². The van der Waals surface area contributed by atoms with Crippen LogP contribution in [0.15, 0.2) is 24.3 Å². The van der Waals surface area contributed by atoms with Crippen molar-refractivity contribution >= 4 is 5.91 Å². The monoisotopic (exact) mass is 247 g/mol. The molecule has 0 heterocycles. The predicted octanol–water partition coefficient (Wildman–Crippen LogP) is 1.11. The lowest BCUT2D eigenvalue weighted by molar-refractivity contribution is -0.121. The Morgan fingerprint density at radius 2 is 2.12 bits per heavy atom. The highest BCUT2D eigenvalue weighted by atomic mass is 19.3. The molecule has 3 nitrogen and oxygen atoms in total. The highest BCUT2D eigenvalue weighted by molar-refractivity contribution is 5.78. The van der Waals surface area contributed by atoms with Crippen LogP contribution in [0.4, 0.5) is 13.2 Å². The summed E-state index contributed by atoms with van der Waals surface area (Å²) in [6, 6.07) is 5.42. The molecule has 0 aliphatic carbocycles. The molecule has 0 aliphatic heterocycles. The number of amides is 1. The van der Waals surface area contributed by atoms with Gasteiger partial charge in [-0.05, 0) is 17.7 Å². The van der Waals surface area contributed by atoms with Gasteiger partial charge in [-0.2, -0.15) is 0 Å². The second-order valence-corrected chi connectivity index (χ2v) is 3.51. The zero-order valence-corrected chi connectivity index (χ0v) is 8.87. The Morgan fingerprint density at radius 1 is 1.41 bits per heavy atom. The molecule has 1 aromatic rings. The number of alkyl halides is 2. The number of carbonyl (C=O) groups is 1. The molecule has 1 atom stereocenters. The summed E-state index contributed by atoms with van der Waals surface area (Å²) in [7, 11) is 0. The number of aliphatic hydroxyl groups excluding tert-OH is 1. The molecular formula is C11H12F3NO2. The van der Waals surface area contributed by atoms with E-state index in [0.29, 0.717) is 5.56 Å². The van der Waals surface area contributed by atoms with Gasteiger partial charge in [0.15, 0.2) is 0 Å². The fraction of sp³-hybridized carbons (Fsp3) is 0.364. The topological polar surface area (TPSA) is 49.3 Å².